The summed E-state index contributed by atoms with van der Waals surface area (Å²) in [6.07, 6.45) is -0.0849. The van der Waals surface area contributed by atoms with Crippen LogP contribution < -0.4 is 10.2 Å². The van der Waals surface area contributed by atoms with Gasteiger partial charge in [-0.3, -0.25) is 9.59 Å². The number of rotatable bonds is 8. The molecule has 144 valence electrons. The van der Waals surface area contributed by atoms with E-state index < -0.39 is 6.04 Å². The molecule has 0 aliphatic carbocycles. The Morgan fingerprint density at radius 3 is 2.26 bits per heavy atom. The van der Waals surface area contributed by atoms with E-state index in [4.69, 9.17) is 4.74 Å². The Labute approximate surface area is 161 Å². The van der Waals surface area contributed by atoms with Crippen molar-refractivity contribution >= 4 is 17.6 Å². The molecule has 0 spiro atoms. The highest BCUT2D eigenvalue weighted by Gasteiger charge is 2.20. The fourth-order valence-corrected chi connectivity index (χ4v) is 2.76. The highest BCUT2D eigenvalue weighted by Crippen LogP contribution is 2.19. The molecule has 2 rings (SSSR count). The van der Waals surface area contributed by atoms with Crippen LogP contribution in [0, 0.1) is 6.92 Å². The summed E-state index contributed by atoms with van der Waals surface area (Å²) in [7, 11) is 1.86. The summed E-state index contributed by atoms with van der Waals surface area (Å²) in [5.41, 5.74) is 2.97. The van der Waals surface area contributed by atoms with Crippen LogP contribution in [-0.4, -0.2) is 31.6 Å². The van der Waals surface area contributed by atoms with Crippen molar-refractivity contribution in [1.82, 2.24) is 5.32 Å². The second kappa shape index (κ2) is 9.76. The highest BCUT2D eigenvalue weighted by atomic mass is 16.5. The average molecular weight is 368 g/mol. The zero-order valence-electron chi connectivity index (χ0n) is 16.4. The number of para-hydroxylation sites is 1. The average Bonchev–Trinajstić information content (AvgIpc) is 2.61. The molecule has 2 aromatic rings. The van der Waals surface area contributed by atoms with E-state index in [1.165, 1.54) is 0 Å². The maximum atomic E-state index is 12.6. The summed E-state index contributed by atoms with van der Waals surface area (Å²) in [4.78, 5) is 26.6. The van der Waals surface area contributed by atoms with Gasteiger partial charge in [0, 0.05) is 12.7 Å². The van der Waals surface area contributed by atoms with Gasteiger partial charge in [0.1, 0.15) is 0 Å². The van der Waals surface area contributed by atoms with Crippen LogP contribution in [0.15, 0.2) is 54.6 Å². The van der Waals surface area contributed by atoms with E-state index in [9.17, 15) is 9.59 Å². The predicted molar refractivity (Wildman–Crippen MR) is 108 cm³/mol. The number of carbonyl (C=O) groups is 2. The molecule has 27 heavy (non-hydrogen) atoms. The number of esters is 1. The first-order chi connectivity index (χ1) is 12.8. The van der Waals surface area contributed by atoms with Crippen LogP contribution in [0.25, 0.3) is 0 Å². The van der Waals surface area contributed by atoms with E-state index in [-0.39, 0.29) is 30.9 Å². The van der Waals surface area contributed by atoms with Gasteiger partial charge in [0.05, 0.1) is 25.1 Å². The highest BCUT2D eigenvalue weighted by molar-refractivity contribution is 5.82. The largest absolute Gasteiger partial charge is 0.463 e. The van der Waals surface area contributed by atoms with Crippen molar-refractivity contribution in [2.75, 3.05) is 18.5 Å². The molecule has 0 aromatic heterocycles. The van der Waals surface area contributed by atoms with Gasteiger partial charge in [-0.2, -0.15) is 0 Å². The van der Waals surface area contributed by atoms with Crippen LogP contribution in [0.4, 0.5) is 5.69 Å². The Morgan fingerprint density at radius 2 is 1.67 bits per heavy atom. The SMILES string of the molecule is Cc1ccc(C(CC(=O)OC(C)C)NC(=O)CN(C)c2ccccc2)cc1. The molecule has 0 saturated carbocycles. The summed E-state index contributed by atoms with van der Waals surface area (Å²) >= 11 is 0. The Hall–Kier alpha value is -2.82. The Balaban J connectivity index is 2.07. The molecule has 0 heterocycles. The molecule has 0 radical (unpaired) electrons. The van der Waals surface area contributed by atoms with Gasteiger partial charge in [-0.15, -0.1) is 0 Å². The number of hydrogen-bond acceptors (Lipinski definition) is 4. The van der Waals surface area contributed by atoms with Gasteiger partial charge in [-0.1, -0.05) is 48.0 Å². The predicted octanol–water partition coefficient (Wildman–Crippen LogP) is 3.63. The molecule has 1 N–H and O–H groups in total. The maximum Gasteiger partial charge on any atom is 0.308 e. The van der Waals surface area contributed by atoms with Crippen LogP contribution in [0.2, 0.25) is 0 Å². The molecule has 0 bridgehead atoms. The van der Waals surface area contributed by atoms with Crippen LogP contribution >= 0.6 is 0 Å². The summed E-state index contributed by atoms with van der Waals surface area (Å²) in [6, 6.07) is 17.1. The molecule has 5 nitrogen and oxygen atoms in total. The Kier molecular flexibility index (Phi) is 7.41. The quantitative estimate of drug-likeness (QED) is 0.723. The van der Waals surface area contributed by atoms with Crippen molar-refractivity contribution in [3.8, 4) is 0 Å². The number of ether oxygens (including phenoxy) is 1. The van der Waals surface area contributed by atoms with Crippen LogP contribution in [0.1, 0.15) is 37.4 Å². The van der Waals surface area contributed by atoms with Gasteiger partial charge in [-0.05, 0) is 38.5 Å². The molecule has 1 amide bonds. The molecule has 2 aromatic carbocycles. The number of aryl methyl sites for hydroxylation is 1. The number of nitrogens with one attached hydrogen (secondary N) is 1. The van der Waals surface area contributed by atoms with Gasteiger partial charge < -0.3 is 15.0 Å². The lowest BCUT2D eigenvalue weighted by Gasteiger charge is -2.23. The van der Waals surface area contributed by atoms with Crippen molar-refractivity contribution in [3.05, 3.63) is 65.7 Å². The van der Waals surface area contributed by atoms with Crippen LogP contribution in [-0.2, 0) is 14.3 Å². The van der Waals surface area contributed by atoms with Gasteiger partial charge in [0.25, 0.3) is 0 Å². The van der Waals surface area contributed by atoms with Gasteiger partial charge >= 0.3 is 5.97 Å². The standard InChI is InChI=1S/C22H28N2O3/c1-16(2)27-22(26)14-20(18-12-10-17(3)11-13-18)23-21(25)15-24(4)19-8-6-5-7-9-19/h5-13,16,20H,14-15H2,1-4H3,(H,23,25). The minimum atomic E-state index is -0.423. The van der Waals surface area contributed by atoms with Crippen molar-refractivity contribution in [2.45, 2.75) is 39.3 Å². The fraction of sp³-hybridized carbons (Fsp3) is 0.364. The number of amides is 1. The van der Waals surface area contributed by atoms with Crippen LogP contribution in [0.5, 0.6) is 0 Å². The van der Waals surface area contributed by atoms with Crippen molar-refractivity contribution in [3.63, 3.8) is 0 Å². The third kappa shape index (κ3) is 6.77. The second-order valence-corrected chi connectivity index (χ2v) is 6.97. The molecular formula is C22H28N2O3. The first-order valence-corrected chi connectivity index (χ1v) is 9.16. The summed E-state index contributed by atoms with van der Waals surface area (Å²) in [5, 5.41) is 2.98. The molecule has 1 unspecified atom stereocenters. The third-order valence-electron chi connectivity index (χ3n) is 4.13. The minimum Gasteiger partial charge on any atom is -0.463 e. The van der Waals surface area contributed by atoms with Gasteiger partial charge in [0.2, 0.25) is 5.91 Å². The van der Waals surface area contributed by atoms with Crippen molar-refractivity contribution < 1.29 is 14.3 Å². The number of nitrogens with zero attached hydrogens (tertiary/aromatic N) is 1. The number of anilines is 1. The summed E-state index contributed by atoms with van der Waals surface area (Å²) < 4.78 is 5.26. The van der Waals surface area contributed by atoms with Gasteiger partial charge in [0.15, 0.2) is 0 Å². The van der Waals surface area contributed by atoms with E-state index in [0.717, 1.165) is 16.8 Å². The smallest absolute Gasteiger partial charge is 0.308 e. The zero-order chi connectivity index (χ0) is 19.8. The molecular weight excluding hydrogens is 340 g/mol. The molecule has 0 fully saturated rings. The third-order valence-corrected chi connectivity index (χ3v) is 4.13. The molecule has 1 atom stereocenters. The molecule has 0 aliphatic heterocycles. The molecule has 5 heteroatoms. The van der Waals surface area contributed by atoms with E-state index >= 15 is 0 Å². The molecule has 0 saturated heterocycles. The lowest BCUT2D eigenvalue weighted by atomic mass is 10.0. The summed E-state index contributed by atoms with van der Waals surface area (Å²) in [6.45, 7) is 5.82. The van der Waals surface area contributed by atoms with Crippen molar-refractivity contribution in [2.24, 2.45) is 0 Å². The Morgan fingerprint density at radius 1 is 1.04 bits per heavy atom. The van der Waals surface area contributed by atoms with E-state index in [1.54, 1.807) is 0 Å². The van der Waals surface area contributed by atoms with Gasteiger partial charge in [-0.25, -0.2) is 0 Å². The molecule has 0 aliphatic rings. The minimum absolute atomic E-state index is 0.0992. The normalized spacial score (nSPS) is 11.7. The topological polar surface area (TPSA) is 58.6 Å². The maximum absolute atomic E-state index is 12.6. The lowest BCUT2D eigenvalue weighted by molar-refractivity contribution is -0.148. The Bertz CT molecular complexity index is 742. The number of carbonyl (C=O) groups excluding carboxylic acids is 2. The number of likely N-dealkylation sites (N-methyl/N-ethyl adjacent to an activating group) is 1. The van der Waals surface area contributed by atoms with E-state index in [0.29, 0.717) is 0 Å². The first-order valence-electron chi connectivity index (χ1n) is 9.16. The zero-order valence-corrected chi connectivity index (χ0v) is 16.4. The lowest BCUT2D eigenvalue weighted by Crippen LogP contribution is -2.38. The van der Waals surface area contributed by atoms with Crippen molar-refractivity contribution in [1.29, 1.82) is 0 Å². The monoisotopic (exact) mass is 368 g/mol. The fourth-order valence-electron chi connectivity index (χ4n) is 2.76. The second-order valence-electron chi connectivity index (χ2n) is 6.97. The van der Waals surface area contributed by atoms with E-state index in [2.05, 4.69) is 5.32 Å². The first kappa shape index (κ1) is 20.5. The summed E-state index contributed by atoms with van der Waals surface area (Å²) in [5.74, 6) is -0.475. The number of benzene rings is 2. The van der Waals surface area contributed by atoms with Crippen LogP contribution in [0.3, 0.4) is 0 Å². The number of hydrogen-bond donors (Lipinski definition) is 1. The van der Waals surface area contributed by atoms with E-state index in [1.807, 2.05) is 87.3 Å².